The molecule has 3 rings (SSSR count). The number of ether oxygens (including phenoxy) is 1. The van der Waals surface area contributed by atoms with E-state index < -0.39 is 0 Å². The van der Waals surface area contributed by atoms with Crippen molar-refractivity contribution in [3.05, 3.63) is 40.0 Å². The minimum atomic E-state index is 0.403. The zero-order valence-electron chi connectivity index (χ0n) is 11.1. The van der Waals surface area contributed by atoms with E-state index in [0.29, 0.717) is 6.01 Å². The van der Waals surface area contributed by atoms with Crippen LogP contribution < -0.4 is 15.4 Å². The topological polar surface area (TPSA) is 59.1 Å². The number of para-hydroxylation sites is 1. The van der Waals surface area contributed by atoms with Gasteiger partial charge in [0, 0.05) is 29.5 Å². The monoisotopic (exact) mass is 334 g/mol. The number of benzene rings is 1. The molecule has 1 aromatic heterocycles. The number of halogens is 1. The van der Waals surface area contributed by atoms with Crippen molar-refractivity contribution in [1.29, 1.82) is 0 Å². The van der Waals surface area contributed by atoms with Crippen LogP contribution >= 0.6 is 15.9 Å². The van der Waals surface area contributed by atoms with Gasteiger partial charge in [0.2, 0.25) is 0 Å². The lowest BCUT2D eigenvalue weighted by atomic mass is 10.1. The summed E-state index contributed by atoms with van der Waals surface area (Å²) in [6, 6.07) is 8.36. The van der Waals surface area contributed by atoms with Crippen LogP contribution in [0.2, 0.25) is 0 Å². The first-order chi connectivity index (χ1) is 9.78. The summed E-state index contributed by atoms with van der Waals surface area (Å²) in [7, 11) is 1.59. The Balaban J connectivity index is 2.02. The van der Waals surface area contributed by atoms with Crippen molar-refractivity contribution in [3.63, 3.8) is 0 Å². The Morgan fingerprint density at radius 3 is 2.95 bits per heavy atom. The molecule has 0 atom stereocenters. The van der Waals surface area contributed by atoms with E-state index in [4.69, 9.17) is 4.74 Å². The molecule has 1 aromatic carbocycles. The Hall–Kier alpha value is -1.66. The van der Waals surface area contributed by atoms with Crippen molar-refractivity contribution < 1.29 is 4.74 Å². The van der Waals surface area contributed by atoms with Crippen LogP contribution in [0.5, 0.6) is 6.01 Å². The van der Waals surface area contributed by atoms with Gasteiger partial charge in [-0.05, 0) is 28.1 Å². The molecule has 0 fully saturated rings. The Bertz CT molecular complexity index is 633. The summed E-state index contributed by atoms with van der Waals surface area (Å²) in [5.41, 5.74) is 3.12. The lowest BCUT2D eigenvalue weighted by molar-refractivity contribution is 0.377. The van der Waals surface area contributed by atoms with Crippen LogP contribution in [0, 0.1) is 0 Å². The van der Waals surface area contributed by atoms with E-state index in [-0.39, 0.29) is 0 Å². The zero-order chi connectivity index (χ0) is 13.9. The predicted octanol–water partition coefficient (Wildman–Crippen LogP) is 2.64. The molecular weight excluding hydrogens is 320 g/mol. The fraction of sp³-hybridized carbons (Fsp3) is 0.286. The fourth-order valence-electron chi connectivity index (χ4n) is 2.21. The summed E-state index contributed by atoms with van der Waals surface area (Å²) in [6.07, 6.45) is 0.888. The maximum Gasteiger partial charge on any atom is 0.318 e. The van der Waals surface area contributed by atoms with Crippen LogP contribution in [0.4, 0.5) is 11.5 Å². The quantitative estimate of drug-likeness (QED) is 0.903. The maximum atomic E-state index is 5.19. The molecule has 104 valence electrons. The van der Waals surface area contributed by atoms with Crippen LogP contribution in [0.1, 0.15) is 11.3 Å². The summed E-state index contributed by atoms with van der Waals surface area (Å²) < 4.78 is 6.19. The minimum absolute atomic E-state index is 0.403. The largest absolute Gasteiger partial charge is 0.467 e. The first-order valence-electron chi connectivity index (χ1n) is 6.44. The summed E-state index contributed by atoms with van der Waals surface area (Å²) in [6.45, 7) is 1.70. The second-order valence-corrected chi connectivity index (χ2v) is 5.37. The third-order valence-corrected chi connectivity index (χ3v) is 3.91. The van der Waals surface area contributed by atoms with Gasteiger partial charge in [-0.2, -0.15) is 9.97 Å². The molecule has 0 bridgehead atoms. The number of nitrogens with one attached hydrogen (secondary N) is 2. The van der Waals surface area contributed by atoms with E-state index in [1.165, 1.54) is 0 Å². The lowest BCUT2D eigenvalue weighted by Crippen LogP contribution is -2.26. The van der Waals surface area contributed by atoms with Crippen LogP contribution in [0.3, 0.4) is 0 Å². The number of hydrogen-bond donors (Lipinski definition) is 2. The van der Waals surface area contributed by atoms with Gasteiger partial charge in [-0.3, -0.25) is 0 Å². The Morgan fingerprint density at radius 1 is 1.30 bits per heavy atom. The molecule has 0 unspecified atom stereocenters. The highest BCUT2D eigenvalue weighted by molar-refractivity contribution is 9.10. The Kier molecular flexibility index (Phi) is 3.84. The third kappa shape index (κ3) is 2.62. The van der Waals surface area contributed by atoms with E-state index >= 15 is 0 Å². The number of hydrogen-bond acceptors (Lipinski definition) is 5. The molecule has 1 aliphatic heterocycles. The first-order valence-corrected chi connectivity index (χ1v) is 7.23. The average Bonchev–Trinajstić information content (AvgIpc) is 2.49. The Morgan fingerprint density at radius 2 is 2.15 bits per heavy atom. The number of anilines is 2. The number of nitrogens with zero attached hydrogens (tertiary/aromatic N) is 2. The highest BCUT2D eigenvalue weighted by Gasteiger charge is 2.18. The van der Waals surface area contributed by atoms with Crippen LogP contribution in [-0.4, -0.2) is 23.6 Å². The summed E-state index contributed by atoms with van der Waals surface area (Å²) in [5, 5.41) is 6.70. The average molecular weight is 335 g/mol. The summed E-state index contributed by atoms with van der Waals surface area (Å²) in [5.74, 6) is 0.797. The number of rotatable bonds is 3. The second-order valence-electron chi connectivity index (χ2n) is 4.52. The Labute approximate surface area is 125 Å². The summed E-state index contributed by atoms with van der Waals surface area (Å²) >= 11 is 3.53. The molecule has 0 amide bonds. The molecule has 2 aromatic rings. The van der Waals surface area contributed by atoms with E-state index in [0.717, 1.165) is 46.7 Å². The van der Waals surface area contributed by atoms with Crippen LogP contribution in [0.15, 0.2) is 28.7 Å². The van der Waals surface area contributed by atoms with Gasteiger partial charge < -0.3 is 15.4 Å². The van der Waals surface area contributed by atoms with E-state index in [1.54, 1.807) is 7.11 Å². The van der Waals surface area contributed by atoms with Gasteiger partial charge in [0.1, 0.15) is 5.82 Å². The van der Waals surface area contributed by atoms with Crippen molar-refractivity contribution in [3.8, 4) is 6.01 Å². The highest BCUT2D eigenvalue weighted by Crippen LogP contribution is 2.29. The van der Waals surface area contributed by atoms with Crippen molar-refractivity contribution in [1.82, 2.24) is 15.3 Å². The van der Waals surface area contributed by atoms with Crippen LogP contribution in [-0.2, 0) is 13.0 Å². The van der Waals surface area contributed by atoms with Crippen molar-refractivity contribution in [2.24, 2.45) is 0 Å². The normalized spacial score (nSPS) is 13.7. The minimum Gasteiger partial charge on any atom is -0.467 e. The van der Waals surface area contributed by atoms with Crippen molar-refractivity contribution >= 4 is 27.4 Å². The predicted molar refractivity (Wildman–Crippen MR) is 81.4 cm³/mol. The molecule has 2 N–H and O–H groups in total. The SMILES string of the molecule is COc1nc2c(c(Nc3ccccc3Br)n1)CNCC2. The van der Waals surface area contributed by atoms with E-state index in [1.807, 2.05) is 24.3 Å². The van der Waals surface area contributed by atoms with Crippen LogP contribution in [0.25, 0.3) is 0 Å². The molecule has 2 heterocycles. The standard InChI is InChI=1S/C14H15BrN4O/c1-20-14-18-11-6-7-16-8-9(11)13(19-14)17-12-5-3-2-4-10(12)15/h2-5,16H,6-8H2,1H3,(H,17,18,19). The highest BCUT2D eigenvalue weighted by atomic mass is 79.9. The van der Waals surface area contributed by atoms with Gasteiger partial charge in [-0.25, -0.2) is 0 Å². The lowest BCUT2D eigenvalue weighted by Gasteiger charge is -2.20. The number of fused-ring (bicyclic) bond motifs is 1. The van der Waals surface area contributed by atoms with Gasteiger partial charge in [0.25, 0.3) is 0 Å². The molecule has 0 aliphatic carbocycles. The zero-order valence-corrected chi connectivity index (χ0v) is 12.7. The second kappa shape index (κ2) is 5.76. The third-order valence-electron chi connectivity index (χ3n) is 3.22. The molecule has 0 spiro atoms. The van der Waals surface area contributed by atoms with Gasteiger partial charge in [-0.15, -0.1) is 0 Å². The molecular formula is C14H15BrN4O. The van der Waals surface area contributed by atoms with E-state index in [9.17, 15) is 0 Å². The van der Waals surface area contributed by atoms with Gasteiger partial charge in [-0.1, -0.05) is 12.1 Å². The maximum absolute atomic E-state index is 5.19. The number of methoxy groups -OCH3 is 1. The molecule has 1 aliphatic rings. The molecule has 5 nitrogen and oxygen atoms in total. The van der Waals surface area contributed by atoms with Gasteiger partial charge >= 0.3 is 6.01 Å². The molecule has 6 heteroatoms. The van der Waals surface area contributed by atoms with E-state index in [2.05, 4.69) is 36.5 Å². The van der Waals surface area contributed by atoms with Crippen molar-refractivity contribution in [2.45, 2.75) is 13.0 Å². The molecule has 20 heavy (non-hydrogen) atoms. The molecule has 0 saturated carbocycles. The van der Waals surface area contributed by atoms with Gasteiger partial charge in [0.05, 0.1) is 18.5 Å². The number of aromatic nitrogens is 2. The first kappa shape index (κ1) is 13.3. The molecule has 0 saturated heterocycles. The smallest absolute Gasteiger partial charge is 0.318 e. The van der Waals surface area contributed by atoms with Gasteiger partial charge in [0.15, 0.2) is 0 Å². The fourth-order valence-corrected chi connectivity index (χ4v) is 2.59. The molecule has 0 radical (unpaired) electrons. The van der Waals surface area contributed by atoms with Crippen molar-refractivity contribution in [2.75, 3.05) is 19.0 Å². The summed E-state index contributed by atoms with van der Waals surface area (Å²) in [4.78, 5) is 8.87.